The van der Waals surface area contributed by atoms with Crippen LogP contribution >= 0.6 is 34.5 Å². The van der Waals surface area contributed by atoms with Crippen LogP contribution in [0.4, 0.5) is 10.2 Å². The van der Waals surface area contributed by atoms with Crippen molar-refractivity contribution in [1.29, 1.82) is 0 Å². The Balaban J connectivity index is 1.74. The van der Waals surface area contributed by atoms with Crippen molar-refractivity contribution in [2.75, 3.05) is 17.8 Å². The lowest BCUT2D eigenvalue weighted by Crippen LogP contribution is -2.19. The van der Waals surface area contributed by atoms with Crippen LogP contribution in [0.15, 0.2) is 46.1 Å². The van der Waals surface area contributed by atoms with E-state index in [9.17, 15) is 17.6 Å². The van der Waals surface area contributed by atoms with Crippen molar-refractivity contribution in [1.82, 2.24) is 10.3 Å². The summed E-state index contributed by atoms with van der Waals surface area (Å²) in [5.74, 6) is -1.52. The van der Waals surface area contributed by atoms with Gasteiger partial charge in [0, 0.05) is 23.0 Å². The summed E-state index contributed by atoms with van der Waals surface area (Å²) in [7, 11) is -4.25. The second-order valence-electron chi connectivity index (χ2n) is 7.04. The molecule has 3 rings (SSSR count). The molecule has 0 aliphatic heterocycles. The fourth-order valence-corrected chi connectivity index (χ4v) is 5.04. The highest BCUT2D eigenvalue weighted by molar-refractivity contribution is 7.92. The summed E-state index contributed by atoms with van der Waals surface area (Å²) < 4.78 is 47.8. The third kappa shape index (κ3) is 7.28. The topological polar surface area (TPSA) is 118 Å². The molecule has 0 aliphatic carbocycles. The van der Waals surface area contributed by atoms with E-state index >= 15 is 0 Å². The van der Waals surface area contributed by atoms with Crippen molar-refractivity contribution in [3.63, 3.8) is 0 Å². The second kappa shape index (κ2) is 11.8. The van der Waals surface area contributed by atoms with Gasteiger partial charge in [0.15, 0.2) is 5.82 Å². The molecule has 0 unspecified atom stereocenters. The first-order valence-corrected chi connectivity index (χ1v) is 13.1. The lowest BCUT2D eigenvalue weighted by Gasteiger charge is -2.14. The predicted molar refractivity (Wildman–Crippen MR) is 129 cm³/mol. The summed E-state index contributed by atoms with van der Waals surface area (Å²) >= 11 is 13.5. The van der Waals surface area contributed by atoms with Gasteiger partial charge < -0.3 is 15.2 Å². The van der Waals surface area contributed by atoms with E-state index in [2.05, 4.69) is 15.0 Å². The lowest BCUT2D eigenvalue weighted by atomic mass is 10.1. The molecule has 0 amide bonds. The van der Waals surface area contributed by atoms with Crippen LogP contribution in [-0.4, -0.2) is 37.6 Å². The first-order valence-electron chi connectivity index (χ1n) is 9.94. The summed E-state index contributed by atoms with van der Waals surface area (Å²) in [6, 6.07) is 6.80. The molecule has 1 heterocycles. The molecule has 0 bridgehead atoms. The number of halogens is 3. The fraction of sp³-hybridized carbons (Fsp3) is 0.238. The van der Waals surface area contributed by atoms with Crippen molar-refractivity contribution in [2.24, 2.45) is 0 Å². The molecular formula is C21H20Cl2FN3O5S2. The Kier molecular flexibility index (Phi) is 9.09. The Morgan fingerprint density at radius 3 is 2.68 bits per heavy atom. The highest BCUT2D eigenvalue weighted by atomic mass is 35.5. The van der Waals surface area contributed by atoms with E-state index < -0.39 is 26.7 Å². The van der Waals surface area contributed by atoms with Gasteiger partial charge in [-0.2, -0.15) is 0 Å². The molecule has 0 spiro atoms. The van der Waals surface area contributed by atoms with Gasteiger partial charge in [-0.05, 0) is 49.2 Å². The van der Waals surface area contributed by atoms with E-state index in [0.717, 1.165) is 17.7 Å². The Labute approximate surface area is 209 Å². The van der Waals surface area contributed by atoms with Crippen LogP contribution in [0.25, 0.3) is 0 Å². The number of hydrogen-bond acceptors (Lipinski definition) is 7. The van der Waals surface area contributed by atoms with E-state index in [1.807, 2.05) is 0 Å². The summed E-state index contributed by atoms with van der Waals surface area (Å²) in [6.45, 7) is 0.933. The zero-order valence-corrected chi connectivity index (χ0v) is 20.7. The maximum absolute atomic E-state index is 14.8. The van der Waals surface area contributed by atoms with Crippen LogP contribution in [0.1, 0.15) is 18.4 Å². The SMILES string of the molecule is O=C(O)CCNCCCc1cc(Cl)ccc1Oc1cc(F)c(S(=O)(=O)Nc2cscn2)cc1Cl. The largest absolute Gasteiger partial charge is 0.481 e. The number of carboxylic acids is 1. The molecule has 3 aromatic rings. The first-order chi connectivity index (χ1) is 16.2. The minimum atomic E-state index is -4.25. The van der Waals surface area contributed by atoms with E-state index in [4.69, 9.17) is 33.0 Å². The summed E-state index contributed by atoms with van der Waals surface area (Å²) in [5, 5.41) is 13.5. The molecule has 0 aliphatic rings. The number of anilines is 1. The molecule has 0 saturated heterocycles. The second-order valence-corrected chi connectivity index (χ2v) is 10.3. The number of carbonyl (C=O) groups is 1. The van der Waals surface area contributed by atoms with E-state index in [1.54, 1.807) is 18.2 Å². The number of nitrogens with zero attached hydrogens (tertiary/aromatic N) is 1. The standard InChI is InChI=1S/C21H20Cl2FN3O5S2/c22-14-3-4-17(13(8-14)2-1-6-25-7-5-21(28)29)32-18-10-16(24)19(9-15(18)23)34(30,31)27-20-11-33-12-26-20/h3-4,8-12,25,27H,1-2,5-7H2,(H,28,29). The van der Waals surface area contributed by atoms with Gasteiger partial charge in [-0.25, -0.2) is 17.8 Å². The average Bonchev–Trinajstić information content (AvgIpc) is 3.26. The maximum Gasteiger partial charge on any atom is 0.304 e. The lowest BCUT2D eigenvalue weighted by molar-refractivity contribution is -0.136. The smallest absolute Gasteiger partial charge is 0.304 e. The van der Waals surface area contributed by atoms with Crippen molar-refractivity contribution in [3.05, 3.63) is 62.6 Å². The third-order valence-electron chi connectivity index (χ3n) is 4.50. The van der Waals surface area contributed by atoms with Crippen molar-refractivity contribution < 1.29 is 27.4 Å². The highest BCUT2D eigenvalue weighted by Crippen LogP contribution is 2.36. The molecule has 0 fully saturated rings. The van der Waals surface area contributed by atoms with Gasteiger partial charge in [-0.1, -0.05) is 23.2 Å². The fourth-order valence-electron chi connectivity index (χ4n) is 2.94. The number of aryl methyl sites for hydroxylation is 1. The maximum atomic E-state index is 14.8. The molecule has 1 aromatic heterocycles. The number of nitrogens with one attached hydrogen (secondary N) is 2. The molecule has 34 heavy (non-hydrogen) atoms. The molecule has 2 aromatic carbocycles. The van der Waals surface area contributed by atoms with Crippen LogP contribution < -0.4 is 14.8 Å². The van der Waals surface area contributed by atoms with Crippen molar-refractivity contribution >= 4 is 56.3 Å². The zero-order chi connectivity index (χ0) is 24.7. The van der Waals surface area contributed by atoms with Gasteiger partial charge in [-0.15, -0.1) is 11.3 Å². The first kappa shape index (κ1) is 26.2. The average molecular weight is 548 g/mol. The van der Waals surface area contributed by atoms with Gasteiger partial charge >= 0.3 is 5.97 Å². The zero-order valence-electron chi connectivity index (χ0n) is 17.6. The minimum absolute atomic E-state index is 0.0284. The van der Waals surface area contributed by atoms with Gasteiger partial charge in [0.1, 0.15) is 22.2 Å². The monoisotopic (exact) mass is 547 g/mol. The molecule has 0 saturated carbocycles. The number of sulfonamides is 1. The Bertz CT molecular complexity index is 1260. The van der Waals surface area contributed by atoms with Crippen LogP contribution in [0.2, 0.25) is 10.0 Å². The number of benzene rings is 2. The number of ether oxygens (including phenoxy) is 1. The predicted octanol–water partition coefficient (Wildman–Crippen LogP) is 5.18. The van der Waals surface area contributed by atoms with Gasteiger partial charge in [0.25, 0.3) is 10.0 Å². The van der Waals surface area contributed by atoms with Crippen LogP contribution in [-0.2, 0) is 21.2 Å². The number of thiazole rings is 1. The van der Waals surface area contributed by atoms with Crippen LogP contribution in [0.5, 0.6) is 11.5 Å². The van der Waals surface area contributed by atoms with Gasteiger partial charge in [0.2, 0.25) is 0 Å². The van der Waals surface area contributed by atoms with Gasteiger partial charge in [0.05, 0.1) is 17.0 Å². The number of carboxylic acid groups (broad SMARTS) is 1. The summed E-state index contributed by atoms with van der Waals surface area (Å²) in [4.78, 5) is 13.7. The molecule has 182 valence electrons. The number of rotatable bonds is 12. The van der Waals surface area contributed by atoms with Crippen molar-refractivity contribution in [2.45, 2.75) is 24.2 Å². The summed E-state index contributed by atoms with van der Waals surface area (Å²) in [5.41, 5.74) is 2.17. The molecule has 13 heteroatoms. The molecule has 8 nitrogen and oxygen atoms in total. The quantitative estimate of drug-likeness (QED) is 0.267. The number of aliphatic carboxylic acids is 1. The van der Waals surface area contributed by atoms with Crippen molar-refractivity contribution in [3.8, 4) is 11.5 Å². The van der Waals surface area contributed by atoms with Crippen LogP contribution in [0.3, 0.4) is 0 Å². The molecule has 0 radical (unpaired) electrons. The van der Waals surface area contributed by atoms with E-state index in [-0.39, 0.29) is 23.0 Å². The number of aromatic nitrogens is 1. The highest BCUT2D eigenvalue weighted by Gasteiger charge is 2.23. The molecule has 0 atom stereocenters. The molecule has 3 N–H and O–H groups in total. The number of hydrogen-bond donors (Lipinski definition) is 3. The Hall–Kier alpha value is -2.44. The Morgan fingerprint density at radius 1 is 1.18 bits per heavy atom. The van der Waals surface area contributed by atoms with Crippen LogP contribution in [0, 0.1) is 5.82 Å². The summed E-state index contributed by atoms with van der Waals surface area (Å²) in [6.07, 6.45) is 1.23. The van der Waals surface area contributed by atoms with Gasteiger partial charge in [-0.3, -0.25) is 9.52 Å². The van der Waals surface area contributed by atoms with E-state index in [0.29, 0.717) is 36.7 Å². The third-order valence-corrected chi connectivity index (χ3v) is 6.99. The molecular weight excluding hydrogens is 528 g/mol. The van der Waals surface area contributed by atoms with E-state index in [1.165, 1.54) is 22.2 Å². The Morgan fingerprint density at radius 2 is 1.97 bits per heavy atom. The minimum Gasteiger partial charge on any atom is -0.481 e. The normalized spacial score (nSPS) is 11.4.